The Balaban J connectivity index is 1.55. The average Bonchev–Trinajstić information content (AvgIpc) is 2.62. The molecule has 0 spiro atoms. The van der Waals surface area contributed by atoms with Gasteiger partial charge in [-0.25, -0.2) is 8.42 Å². The highest BCUT2D eigenvalue weighted by Gasteiger charge is 2.30. The molecule has 3 rings (SSSR count). The zero-order chi connectivity index (χ0) is 18.7. The van der Waals surface area contributed by atoms with Crippen molar-refractivity contribution < 1.29 is 13.2 Å². The number of piperidine rings is 1. The van der Waals surface area contributed by atoms with Gasteiger partial charge in [0, 0.05) is 44.3 Å². The number of amides is 1. The second-order valence-electron chi connectivity index (χ2n) is 7.22. The number of rotatable bonds is 4. The fraction of sp³-hybridized carbons (Fsp3) is 0.611. The molecule has 2 aliphatic heterocycles. The maximum atomic E-state index is 12.7. The van der Waals surface area contributed by atoms with E-state index < -0.39 is 10.0 Å². The van der Waals surface area contributed by atoms with Crippen LogP contribution in [0.3, 0.4) is 0 Å². The fourth-order valence-corrected chi connectivity index (χ4v) is 5.34. The molecule has 2 heterocycles. The lowest BCUT2D eigenvalue weighted by molar-refractivity contribution is -0.134. The number of hydrogen-bond donors (Lipinski definition) is 0. The lowest BCUT2D eigenvalue weighted by Gasteiger charge is -2.36. The van der Waals surface area contributed by atoms with Gasteiger partial charge < -0.3 is 4.90 Å². The number of sulfonamides is 1. The first-order chi connectivity index (χ1) is 12.4. The quantitative estimate of drug-likeness (QED) is 0.775. The van der Waals surface area contributed by atoms with E-state index in [1.807, 2.05) is 9.80 Å². The molecule has 1 atom stereocenters. The van der Waals surface area contributed by atoms with E-state index in [1.165, 1.54) is 16.8 Å². The van der Waals surface area contributed by atoms with E-state index >= 15 is 0 Å². The molecule has 0 aliphatic carbocycles. The first kappa shape index (κ1) is 19.6. The van der Waals surface area contributed by atoms with Crippen LogP contribution in [-0.4, -0.2) is 74.2 Å². The summed E-state index contributed by atoms with van der Waals surface area (Å²) in [4.78, 5) is 16.7. The second-order valence-corrected chi connectivity index (χ2v) is 9.60. The maximum absolute atomic E-state index is 12.7. The Bertz CT molecular complexity index is 748. The highest BCUT2D eigenvalue weighted by Crippen LogP contribution is 2.21. The van der Waals surface area contributed by atoms with Crippen molar-refractivity contribution in [1.82, 2.24) is 14.1 Å². The smallest absolute Gasteiger partial charge is 0.243 e. The van der Waals surface area contributed by atoms with Gasteiger partial charge in [-0.2, -0.15) is 4.31 Å². The number of carbonyl (C=O) groups is 1. The SMILES string of the molecule is C[C@H]1CCCN(C(=O)CN2CCN(S(=O)(=O)c3cccc(Cl)c3)CC2)C1. The van der Waals surface area contributed by atoms with Gasteiger partial charge in [-0.05, 0) is 37.0 Å². The molecule has 1 aromatic carbocycles. The van der Waals surface area contributed by atoms with Crippen LogP contribution in [0, 0.1) is 5.92 Å². The van der Waals surface area contributed by atoms with Gasteiger partial charge in [0.1, 0.15) is 0 Å². The summed E-state index contributed by atoms with van der Waals surface area (Å²) in [5.74, 6) is 0.718. The highest BCUT2D eigenvalue weighted by molar-refractivity contribution is 7.89. The van der Waals surface area contributed by atoms with E-state index in [-0.39, 0.29) is 10.8 Å². The van der Waals surface area contributed by atoms with Crippen molar-refractivity contribution >= 4 is 27.5 Å². The Hall–Kier alpha value is -1.15. The van der Waals surface area contributed by atoms with E-state index in [2.05, 4.69) is 6.92 Å². The zero-order valence-corrected chi connectivity index (χ0v) is 16.7. The molecule has 6 nitrogen and oxygen atoms in total. The number of benzene rings is 1. The van der Waals surface area contributed by atoms with E-state index in [0.29, 0.717) is 43.7 Å². The predicted molar refractivity (Wildman–Crippen MR) is 102 cm³/mol. The summed E-state index contributed by atoms with van der Waals surface area (Å²) in [6, 6.07) is 6.34. The summed E-state index contributed by atoms with van der Waals surface area (Å²) in [5.41, 5.74) is 0. The first-order valence-electron chi connectivity index (χ1n) is 9.12. The Morgan fingerprint density at radius 3 is 2.58 bits per heavy atom. The molecule has 1 aromatic rings. The molecule has 0 unspecified atom stereocenters. The molecular formula is C18H26ClN3O3S. The highest BCUT2D eigenvalue weighted by atomic mass is 35.5. The third kappa shape index (κ3) is 4.57. The van der Waals surface area contributed by atoms with Gasteiger partial charge in [-0.15, -0.1) is 0 Å². The van der Waals surface area contributed by atoms with Crippen LogP contribution in [0.1, 0.15) is 19.8 Å². The minimum Gasteiger partial charge on any atom is -0.341 e. The van der Waals surface area contributed by atoms with Crippen molar-refractivity contribution in [1.29, 1.82) is 0 Å². The van der Waals surface area contributed by atoms with Gasteiger partial charge >= 0.3 is 0 Å². The fourth-order valence-electron chi connectivity index (χ4n) is 3.61. The minimum atomic E-state index is -3.54. The largest absolute Gasteiger partial charge is 0.341 e. The van der Waals surface area contributed by atoms with Crippen molar-refractivity contribution in [3.05, 3.63) is 29.3 Å². The molecule has 0 N–H and O–H groups in total. The zero-order valence-electron chi connectivity index (χ0n) is 15.1. The molecule has 2 aliphatic rings. The lowest BCUT2D eigenvalue weighted by atomic mass is 10.0. The van der Waals surface area contributed by atoms with Crippen LogP contribution in [0.15, 0.2) is 29.2 Å². The molecule has 2 fully saturated rings. The molecule has 0 saturated carbocycles. The normalized spacial score (nSPS) is 23.2. The van der Waals surface area contributed by atoms with Gasteiger partial charge in [0.15, 0.2) is 0 Å². The Kier molecular flexibility index (Phi) is 6.22. The molecule has 144 valence electrons. The van der Waals surface area contributed by atoms with E-state index in [4.69, 9.17) is 11.6 Å². The number of nitrogens with zero attached hydrogens (tertiary/aromatic N) is 3. The molecule has 1 amide bonds. The van der Waals surface area contributed by atoms with Crippen LogP contribution in [-0.2, 0) is 14.8 Å². The van der Waals surface area contributed by atoms with Crippen LogP contribution >= 0.6 is 11.6 Å². The van der Waals surface area contributed by atoms with Crippen molar-refractivity contribution in [2.45, 2.75) is 24.7 Å². The summed E-state index contributed by atoms with van der Waals surface area (Å²) in [5, 5.41) is 0.408. The summed E-state index contributed by atoms with van der Waals surface area (Å²) in [6.45, 7) is 6.13. The number of carbonyl (C=O) groups excluding carboxylic acids is 1. The number of likely N-dealkylation sites (tertiary alicyclic amines) is 1. The molecule has 8 heteroatoms. The van der Waals surface area contributed by atoms with Gasteiger partial charge in [-0.3, -0.25) is 9.69 Å². The first-order valence-corrected chi connectivity index (χ1v) is 10.9. The minimum absolute atomic E-state index is 0.155. The van der Waals surface area contributed by atoms with Gasteiger partial charge in [0.05, 0.1) is 11.4 Å². The van der Waals surface area contributed by atoms with E-state index in [0.717, 1.165) is 19.5 Å². The van der Waals surface area contributed by atoms with Gasteiger partial charge in [-0.1, -0.05) is 24.6 Å². The molecule has 26 heavy (non-hydrogen) atoms. The molecule has 0 bridgehead atoms. The predicted octanol–water partition coefficient (Wildman–Crippen LogP) is 1.90. The van der Waals surface area contributed by atoms with Crippen molar-refractivity contribution in [3.63, 3.8) is 0 Å². The second kappa shape index (κ2) is 8.25. The summed E-state index contributed by atoms with van der Waals surface area (Å²) < 4.78 is 26.9. The third-order valence-corrected chi connectivity index (χ3v) is 7.26. The summed E-state index contributed by atoms with van der Waals surface area (Å²) in [6.07, 6.45) is 2.25. The number of halogens is 1. The molecule has 2 saturated heterocycles. The van der Waals surface area contributed by atoms with Crippen LogP contribution in [0.2, 0.25) is 5.02 Å². The van der Waals surface area contributed by atoms with E-state index in [9.17, 15) is 13.2 Å². The standard InChI is InChI=1S/C18H26ClN3O3S/c1-15-4-3-7-21(13-15)18(23)14-20-8-10-22(11-9-20)26(24,25)17-6-2-5-16(19)12-17/h2,5-6,12,15H,3-4,7-11,13-14H2,1H3/t15-/m0/s1. The number of hydrogen-bond acceptors (Lipinski definition) is 4. The maximum Gasteiger partial charge on any atom is 0.243 e. The van der Waals surface area contributed by atoms with Crippen molar-refractivity contribution in [2.75, 3.05) is 45.8 Å². The summed E-state index contributed by atoms with van der Waals surface area (Å²) >= 11 is 5.92. The van der Waals surface area contributed by atoms with E-state index in [1.54, 1.807) is 18.2 Å². The molecular weight excluding hydrogens is 374 g/mol. The lowest BCUT2D eigenvalue weighted by Crippen LogP contribution is -2.52. The topological polar surface area (TPSA) is 60.9 Å². The average molecular weight is 400 g/mol. The van der Waals surface area contributed by atoms with Crippen LogP contribution in [0.5, 0.6) is 0 Å². The number of piperazine rings is 1. The van der Waals surface area contributed by atoms with Gasteiger partial charge in [0.2, 0.25) is 15.9 Å². The van der Waals surface area contributed by atoms with Crippen LogP contribution in [0.25, 0.3) is 0 Å². The third-order valence-electron chi connectivity index (χ3n) is 5.13. The van der Waals surface area contributed by atoms with Crippen molar-refractivity contribution in [2.24, 2.45) is 5.92 Å². The van der Waals surface area contributed by atoms with Gasteiger partial charge in [0.25, 0.3) is 0 Å². The van der Waals surface area contributed by atoms with Crippen LogP contribution in [0.4, 0.5) is 0 Å². The molecule has 0 aromatic heterocycles. The Morgan fingerprint density at radius 2 is 1.92 bits per heavy atom. The Labute approximate surface area is 160 Å². The molecule has 0 radical (unpaired) electrons. The van der Waals surface area contributed by atoms with Crippen molar-refractivity contribution in [3.8, 4) is 0 Å². The van der Waals surface area contributed by atoms with Crippen LogP contribution < -0.4 is 0 Å². The monoisotopic (exact) mass is 399 g/mol. The Morgan fingerprint density at radius 1 is 1.19 bits per heavy atom. The summed E-state index contributed by atoms with van der Waals surface area (Å²) in [7, 11) is -3.54.